The van der Waals surface area contributed by atoms with Crippen molar-refractivity contribution in [2.45, 2.75) is 26.4 Å². The van der Waals surface area contributed by atoms with E-state index in [0.29, 0.717) is 0 Å². The first-order chi connectivity index (χ1) is 6.79. The van der Waals surface area contributed by atoms with Crippen molar-refractivity contribution < 1.29 is 13.9 Å². The summed E-state index contributed by atoms with van der Waals surface area (Å²) in [5.41, 5.74) is -0.431. The Hall–Kier alpha value is -1.09. The summed E-state index contributed by atoms with van der Waals surface area (Å²) in [5, 5.41) is -0.0118. The Balaban J connectivity index is 2.88. The maximum atomic E-state index is 13.0. The molecule has 4 heteroatoms. The first-order valence-corrected chi connectivity index (χ1v) is 4.86. The van der Waals surface area contributed by atoms with Crippen LogP contribution < -0.4 is 0 Å². The van der Waals surface area contributed by atoms with Gasteiger partial charge in [0.25, 0.3) is 0 Å². The van der Waals surface area contributed by atoms with Crippen LogP contribution in [0, 0.1) is 5.82 Å². The van der Waals surface area contributed by atoms with E-state index in [4.69, 9.17) is 16.3 Å². The maximum absolute atomic E-state index is 13.0. The van der Waals surface area contributed by atoms with Crippen molar-refractivity contribution in [3.05, 3.63) is 34.6 Å². The number of carbonyl (C=O) groups is 1. The molecule has 0 fully saturated rings. The van der Waals surface area contributed by atoms with E-state index in [2.05, 4.69) is 0 Å². The van der Waals surface area contributed by atoms with Crippen molar-refractivity contribution in [1.82, 2.24) is 0 Å². The van der Waals surface area contributed by atoms with Gasteiger partial charge in [0.2, 0.25) is 0 Å². The van der Waals surface area contributed by atoms with Crippen molar-refractivity contribution in [2.24, 2.45) is 0 Å². The zero-order valence-electron chi connectivity index (χ0n) is 8.80. The Morgan fingerprint density at radius 2 is 2.00 bits per heavy atom. The highest BCUT2D eigenvalue weighted by molar-refractivity contribution is 6.30. The van der Waals surface area contributed by atoms with E-state index < -0.39 is 17.4 Å². The van der Waals surface area contributed by atoms with Crippen molar-refractivity contribution in [3.8, 4) is 0 Å². The van der Waals surface area contributed by atoms with Gasteiger partial charge in [-0.2, -0.15) is 0 Å². The van der Waals surface area contributed by atoms with Crippen molar-refractivity contribution in [3.63, 3.8) is 0 Å². The van der Waals surface area contributed by atoms with Crippen LogP contribution in [0.5, 0.6) is 0 Å². The zero-order chi connectivity index (χ0) is 11.6. The summed E-state index contributed by atoms with van der Waals surface area (Å²) in [7, 11) is 0. The smallest absolute Gasteiger partial charge is 0.338 e. The molecule has 15 heavy (non-hydrogen) atoms. The van der Waals surface area contributed by atoms with E-state index in [1.807, 2.05) is 0 Å². The third kappa shape index (κ3) is 3.51. The summed E-state index contributed by atoms with van der Waals surface area (Å²) >= 11 is 5.49. The normalized spacial score (nSPS) is 11.3. The van der Waals surface area contributed by atoms with E-state index in [-0.39, 0.29) is 10.6 Å². The Morgan fingerprint density at radius 1 is 1.40 bits per heavy atom. The Labute approximate surface area is 93.0 Å². The van der Waals surface area contributed by atoms with Gasteiger partial charge in [-0.15, -0.1) is 0 Å². The second-order valence-corrected chi connectivity index (χ2v) is 4.54. The molecule has 0 saturated heterocycles. The van der Waals surface area contributed by atoms with Gasteiger partial charge in [-0.3, -0.25) is 0 Å². The first-order valence-electron chi connectivity index (χ1n) is 4.48. The van der Waals surface area contributed by atoms with Crippen LogP contribution in [-0.4, -0.2) is 11.6 Å². The minimum atomic E-state index is -0.625. The molecule has 0 atom stereocenters. The highest BCUT2D eigenvalue weighted by Crippen LogP contribution is 2.18. The van der Waals surface area contributed by atoms with Gasteiger partial charge < -0.3 is 4.74 Å². The van der Waals surface area contributed by atoms with E-state index in [1.54, 1.807) is 20.8 Å². The van der Waals surface area contributed by atoms with Crippen molar-refractivity contribution >= 4 is 17.6 Å². The Kier molecular flexibility index (Phi) is 3.35. The fourth-order valence-corrected chi connectivity index (χ4v) is 1.08. The predicted molar refractivity (Wildman–Crippen MR) is 56.6 cm³/mol. The van der Waals surface area contributed by atoms with Crippen LogP contribution in [0.3, 0.4) is 0 Å². The molecule has 0 unspecified atom stereocenters. The molecule has 0 amide bonds. The third-order valence-corrected chi connectivity index (χ3v) is 1.86. The first kappa shape index (κ1) is 12.0. The highest BCUT2D eigenvalue weighted by atomic mass is 35.5. The van der Waals surface area contributed by atoms with Crippen LogP contribution in [0.1, 0.15) is 31.1 Å². The average Bonchev–Trinajstić information content (AvgIpc) is 2.06. The van der Waals surface area contributed by atoms with Gasteiger partial charge in [0.15, 0.2) is 0 Å². The lowest BCUT2D eigenvalue weighted by Gasteiger charge is -2.19. The molecule has 0 saturated carbocycles. The lowest BCUT2D eigenvalue weighted by atomic mass is 10.1. The second-order valence-electron chi connectivity index (χ2n) is 4.13. The van der Waals surface area contributed by atoms with Crippen molar-refractivity contribution in [2.75, 3.05) is 0 Å². The lowest BCUT2D eigenvalue weighted by molar-refractivity contribution is 0.00690. The number of carbonyl (C=O) groups excluding carboxylic acids is 1. The van der Waals surface area contributed by atoms with Crippen LogP contribution in [-0.2, 0) is 4.74 Å². The number of halogens is 2. The van der Waals surface area contributed by atoms with E-state index in [1.165, 1.54) is 12.1 Å². The topological polar surface area (TPSA) is 26.3 Å². The summed E-state index contributed by atoms with van der Waals surface area (Å²) in [5.74, 6) is -1.18. The SMILES string of the molecule is CC(C)(C)OC(=O)c1ccc(Cl)c(F)c1. The van der Waals surface area contributed by atoms with Gasteiger partial charge in [0, 0.05) is 0 Å². The van der Waals surface area contributed by atoms with Crippen LogP contribution in [0.15, 0.2) is 18.2 Å². The fraction of sp³-hybridized carbons (Fsp3) is 0.364. The molecule has 0 aliphatic carbocycles. The van der Waals surface area contributed by atoms with Gasteiger partial charge in [0.1, 0.15) is 11.4 Å². The summed E-state index contributed by atoms with van der Waals surface area (Å²) in [4.78, 5) is 11.5. The quantitative estimate of drug-likeness (QED) is 0.691. The molecular weight excluding hydrogens is 219 g/mol. The van der Waals surface area contributed by atoms with E-state index in [0.717, 1.165) is 6.07 Å². The molecule has 0 aromatic heterocycles. The molecule has 0 aliphatic rings. The van der Waals surface area contributed by atoms with Gasteiger partial charge in [-0.05, 0) is 39.0 Å². The number of esters is 1. The van der Waals surface area contributed by atoms with E-state index >= 15 is 0 Å². The molecule has 0 spiro atoms. The third-order valence-electron chi connectivity index (χ3n) is 1.55. The summed E-state index contributed by atoms with van der Waals surface area (Å²) in [6.07, 6.45) is 0. The molecule has 1 aromatic rings. The highest BCUT2D eigenvalue weighted by Gasteiger charge is 2.18. The molecule has 0 radical (unpaired) electrons. The standard InChI is InChI=1S/C11H12ClFO2/c1-11(2,3)15-10(14)7-4-5-8(12)9(13)6-7/h4-6H,1-3H3. The largest absolute Gasteiger partial charge is 0.456 e. The maximum Gasteiger partial charge on any atom is 0.338 e. The van der Waals surface area contributed by atoms with Gasteiger partial charge in [-0.1, -0.05) is 11.6 Å². The molecule has 0 aliphatic heterocycles. The lowest BCUT2D eigenvalue weighted by Crippen LogP contribution is -2.23. The van der Waals surface area contributed by atoms with Crippen LogP contribution >= 0.6 is 11.6 Å². The Morgan fingerprint density at radius 3 is 2.47 bits per heavy atom. The number of hydrogen-bond donors (Lipinski definition) is 0. The molecular formula is C11H12ClFO2. The molecule has 0 N–H and O–H groups in total. The number of benzene rings is 1. The minimum absolute atomic E-state index is 0.0118. The number of hydrogen-bond acceptors (Lipinski definition) is 2. The molecule has 0 heterocycles. The monoisotopic (exact) mass is 230 g/mol. The fourth-order valence-electron chi connectivity index (χ4n) is 0.960. The van der Waals surface area contributed by atoms with Crippen LogP contribution in [0.25, 0.3) is 0 Å². The van der Waals surface area contributed by atoms with Gasteiger partial charge in [0.05, 0.1) is 10.6 Å². The van der Waals surface area contributed by atoms with Crippen LogP contribution in [0.4, 0.5) is 4.39 Å². The zero-order valence-corrected chi connectivity index (χ0v) is 9.56. The van der Waals surface area contributed by atoms with Crippen molar-refractivity contribution in [1.29, 1.82) is 0 Å². The van der Waals surface area contributed by atoms with Gasteiger partial charge in [-0.25, -0.2) is 9.18 Å². The Bertz CT molecular complexity index is 383. The summed E-state index contributed by atoms with van der Waals surface area (Å²) < 4.78 is 18.1. The summed E-state index contributed by atoms with van der Waals surface area (Å²) in [6.45, 7) is 5.24. The molecule has 0 bridgehead atoms. The van der Waals surface area contributed by atoms with Gasteiger partial charge >= 0.3 is 5.97 Å². The minimum Gasteiger partial charge on any atom is -0.456 e. The van der Waals surface area contributed by atoms with Crippen LogP contribution in [0.2, 0.25) is 5.02 Å². The second kappa shape index (κ2) is 4.19. The molecule has 2 nitrogen and oxygen atoms in total. The van der Waals surface area contributed by atoms with E-state index in [9.17, 15) is 9.18 Å². The predicted octanol–water partition coefficient (Wildman–Crippen LogP) is 3.43. The molecule has 1 rings (SSSR count). The summed E-state index contributed by atoms with van der Waals surface area (Å²) in [6, 6.07) is 3.83. The molecule has 1 aromatic carbocycles. The number of rotatable bonds is 1. The average molecular weight is 231 g/mol. The number of ether oxygens (including phenoxy) is 1. The molecule has 82 valence electrons.